The Labute approximate surface area is 113 Å². The number of hydrogen-bond acceptors (Lipinski definition) is 4. The van der Waals surface area contributed by atoms with E-state index in [1.807, 2.05) is 12.1 Å². The number of esters is 1. The van der Waals surface area contributed by atoms with E-state index < -0.39 is 6.04 Å². The van der Waals surface area contributed by atoms with Crippen molar-refractivity contribution in [2.75, 3.05) is 13.7 Å². The van der Waals surface area contributed by atoms with Crippen molar-refractivity contribution in [3.63, 3.8) is 0 Å². The molecule has 1 aromatic carbocycles. The Morgan fingerprint density at radius 3 is 2.79 bits per heavy atom. The summed E-state index contributed by atoms with van der Waals surface area (Å²) in [6.07, 6.45) is 3.48. The monoisotopic (exact) mass is 261 g/mol. The van der Waals surface area contributed by atoms with Gasteiger partial charge in [-0.1, -0.05) is 25.5 Å². The van der Waals surface area contributed by atoms with Crippen LogP contribution in [0, 0.1) is 0 Å². The molecule has 0 fully saturated rings. The van der Waals surface area contributed by atoms with Gasteiger partial charge >= 0.3 is 5.97 Å². The summed E-state index contributed by atoms with van der Waals surface area (Å²) in [5, 5.41) is 0. The lowest BCUT2D eigenvalue weighted by atomic mass is 10.1. The quantitative estimate of drug-likeness (QED) is 0.764. The van der Waals surface area contributed by atoms with Crippen molar-refractivity contribution < 1.29 is 14.3 Å². The molecule has 0 unspecified atom stereocenters. The number of hydrogen-bond donors (Lipinski definition) is 0. The van der Waals surface area contributed by atoms with Crippen LogP contribution >= 0.6 is 0 Å². The molecule has 0 aliphatic carbocycles. The Balaban J connectivity index is 2.04. The first-order chi connectivity index (χ1) is 9.24. The molecule has 0 saturated carbocycles. The molecule has 1 atom stereocenters. The highest BCUT2D eigenvalue weighted by Gasteiger charge is 2.27. The van der Waals surface area contributed by atoms with E-state index in [0.29, 0.717) is 5.90 Å². The molecule has 0 aromatic heterocycles. The molecule has 1 heterocycles. The normalized spacial score (nSPS) is 17.8. The molecule has 4 heteroatoms. The molecular weight excluding hydrogens is 242 g/mol. The maximum absolute atomic E-state index is 11.4. The molecule has 1 aromatic rings. The van der Waals surface area contributed by atoms with Gasteiger partial charge in [0.05, 0.1) is 7.11 Å². The molecule has 1 aliphatic heterocycles. The fourth-order valence-corrected chi connectivity index (χ4v) is 1.98. The molecule has 0 N–H and O–H groups in total. The highest BCUT2D eigenvalue weighted by atomic mass is 16.5. The van der Waals surface area contributed by atoms with Crippen molar-refractivity contribution >= 4 is 11.9 Å². The third-order valence-corrected chi connectivity index (χ3v) is 3.14. The number of benzene rings is 1. The zero-order chi connectivity index (χ0) is 13.7. The number of aryl methyl sites for hydroxylation is 1. The van der Waals surface area contributed by atoms with Gasteiger partial charge in [0.15, 0.2) is 6.04 Å². The van der Waals surface area contributed by atoms with Crippen LogP contribution in [0.25, 0.3) is 0 Å². The minimum Gasteiger partial charge on any atom is -0.475 e. The van der Waals surface area contributed by atoms with E-state index in [2.05, 4.69) is 28.8 Å². The Bertz CT molecular complexity index is 465. The van der Waals surface area contributed by atoms with E-state index in [9.17, 15) is 4.79 Å². The van der Waals surface area contributed by atoms with Crippen LogP contribution in [0.15, 0.2) is 29.3 Å². The summed E-state index contributed by atoms with van der Waals surface area (Å²) in [6.45, 7) is 2.45. The molecule has 0 spiro atoms. The first-order valence-corrected chi connectivity index (χ1v) is 6.62. The lowest BCUT2D eigenvalue weighted by Crippen LogP contribution is -2.21. The fourth-order valence-electron chi connectivity index (χ4n) is 1.98. The highest BCUT2D eigenvalue weighted by molar-refractivity contribution is 5.97. The predicted molar refractivity (Wildman–Crippen MR) is 73.3 cm³/mol. The molecule has 0 radical (unpaired) electrons. The number of nitrogens with zero attached hydrogens (tertiary/aromatic N) is 1. The van der Waals surface area contributed by atoms with E-state index in [1.54, 1.807) is 0 Å². The van der Waals surface area contributed by atoms with Crippen LogP contribution in [0.4, 0.5) is 0 Å². The fraction of sp³-hybridized carbons (Fsp3) is 0.467. The van der Waals surface area contributed by atoms with Gasteiger partial charge in [-0.05, 0) is 30.5 Å². The van der Waals surface area contributed by atoms with Crippen molar-refractivity contribution in [1.82, 2.24) is 0 Å². The van der Waals surface area contributed by atoms with Crippen molar-refractivity contribution in [2.24, 2.45) is 4.99 Å². The topological polar surface area (TPSA) is 47.9 Å². The van der Waals surface area contributed by atoms with Gasteiger partial charge in [-0.3, -0.25) is 0 Å². The molecule has 0 amide bonds. The van der Waals surface area contributed by atoms with Crippen LogP contribution in [0.1, 0.15) is 30.9 Å². The average Bonchev–Trinajstić information content (AvgIpc) is 2.94. The second-order valence-electron chi connectivity index (χ2n) is 4.58. The van der Waals surface area contributed by atoms with Gasteiger partial charge in [0, 0.05) is 5.56 Å². The predicted octanol–water partition coefficient (Wildman–Crippen LogP) is 2.35. The molecule has 1 aliphatic rings. The first-order valence-electron chi connectivity index (χ1n) is 6.62. The van der Waals surface area contributed by atoms with Crippen LogP contribution in [0.5, 0.6) is 0 Å². The van der Waals surface area contributed by atoms with Crippen LogP contribution in [0.2, 0.25) is 0 Å². The second kappa shape index (κ2) is 6.36. The number of carbonyl (C=O) groups excluding carboxylic acids is 1. The Morgan fingerprint density at radius 1 is 1.42 bits per heavy atom. The summed E-state index contributed by atoms with van der Waals surface area (Å²) in [5.74, 6) is 0.173. The van der Waals surface area contributed by atoms with Gasteiger partial charge in [-0.15, -0.1) is 0 Å². The maximum Gasteiger partial charge on any atom is 0.334 e. The van der Waals surface area contributed by atoms with E-state index in [4.69, 9.17) is 4.74 Å². The minimum absolute atomic E-state index is 0.263. The zero-order valence-corrected chi connectivity index (χ0v) is 11.4. The smallest absolute Gasteiger partial charge is 0.334 e. The number of unbranched alkanes of at least 4 members (excludes halogenated alkanes) is 1. The number of methoxy groups -OCH3 is 1. The second-order valence-corrected chi connectivity index (χ2v) is 4.58. The molecule has 2 rings (SSSR count). The van der Waals surface area contributed by atoms with Gasteiger partial charge in [-0.2, -0.15) is 0 Å². The molecule has 0 saturated heterocycles. The van der Waals surface area contributed by atoms with Gasteiger partial charge in [0.1, 0.15) is 6.61 Å². The SMILES string of the molecule is CCCCc1ccc(C2=N[C@@H](C(=O)OC)CO2)cc1. The highest BCUT2D eigenvalue weighted by Crippen LogP contribution is 2.15. The molecule has 0 bridgehead atoms. The zero-order valence-electron chi connectivity index (χ0n) is 11.4. The van der Waals surface area contributed by atoms with Crippen molar-refractivity contribution in [2.45, 2.75) is 32.2 Å². The van der Waals surface area contributed by atoms with E-state index in [-0.39, 0.29) is 12.6 Å². The molecule has 19 heavy (non-hydrogen) atoms. The van der Waals surface area contributed by atoms with Crippen molar-refractivity contribution in [3.8, 4) is 0 Å². The van der Waals surface area contributed by atoms with Crippen LogP contribution < -0.4 is 0 Å². The van der Waals surface area contributed by atoms with Gasteiger partial charge in [-0.25, -0.2) is 9.79 Å². The van der Waals surface area contributed by atoms with E-state index in [1.165, 1.54) is 25.5 Å². The standard InChI is InChI=1S/C15H19NO3/c1-3-4-5-11-6-8-12(9-7-11)14-16-13(10-19-14)15(17)18-2/h6-9,13H,3-5,10H2,1-2H3/t13-/m1/s1. The molecule has 102 valence electrons. The lowest BCUT2D eigenvalue weighted by molar-refractivity contribution is -0.142. The number of aliphatic imine (C=N–C) groups is 1. The van der Waals surface area contributed by atoms with Crippen molar-refractivity contribution in [1.29, 1.82) is 0 Å². The lowest BCUT2D eigenvalue weighted by Gasteiger charge is -2.03. The van der Waals surface area contributed by atoms with E-state index >= 15 is 0 Å². The summed E-state index contributed by atoms with van der Waals surface area (Å²) < 4.78 is 10.1. The number of ether oxygens (including phenoxy) is 2. The minimum atomic E-state index is -0.528. The van der Waals surface area contributed by atoms with Gasteiger partial charge in [0.25, 0.3) is 0 Å². The summed E-state index contributed by atoms with van der Waals surface area (Å²) in [7, 11) is 1.36. The number of rotatable bonds is 5. The van der Waals surface area contributed by atoms with Crippen molar-refractivity contribution in [3.05, 3.63) is 35.4 Å². The summed E-state index contributed by atoms with van der Waals surface area (Å²) in [5.41, 5.74) is 2.22. The summed E-state index contributed by atoms with van der Waals surface area (Å²) >= 11 is 0. The molecular formula is C15H19NO3. The third kappa shape index (κ3) is 3.34. The Morgan fingerprint density at radius 2 is 2.16 bits per heavy atom. The average molecular weight is 261 g/mol. The van der Waals surface area contributed by atoms with Crippen LogP contribution in [-0.4, -0.2) is 31.6 Å². The third-order valence-electron chi connectivity index (χ3n) is 3.14. The van der Waals surface area contributed by atoms with Gasteiger partial charge in [0.2, 0.25) is 5.90 Å². The van der Waals surface area contributed by atoms with Crippen LogP contribution in [0.3, 0.4) is 0 Å². The summed E-state index contributed by atoms with van der Waals surface area (Å²) in [4.78, 5) is 15.6. The summed E-state index contributed by atoms with van der Waals surface area (Å²) in [6, 6.07) is 7.62. The van der Waals surface area contributed by atoms with E-state index in [0.717, 1.165) is 12.0 Å². The molecule has 4 nitrogen and oxygen atoms in total. The maximum atomic E-state index is 11.4. The Kier molecular flexibility index (Phi) is 4.55. The van der Waals surface area contributed by atoms with Gasteiger partial charge < -0.3 is 9.47 Å². The first kappa shape index (κ1) is 13.6. The number of carbonyl (C=O) groups is 1. The van der Waals surface area contributed by atoms with Crippen LogP contribution in [-0.2, 0) is 20.7 Å². The largest absolute Gasteiger partial charge is 0.475 e. The Hall–Kier alpha value is -1.84.